The molecule has 0 bridgehead atoms. The molecule has 8 heteroatoms. The zero-order valence-electron chi connectivity index (χ0n) is 14.0. The lowest BCUT2D eigenvalue weighted by Crippen LogP contribution is -2.09. The highest BCUT2D eigenvalue weighted by Crippen LogP contribution is 2.37. The highest BCUT2D eigenvalue weighted by molar-refractivity contribution is 6.32. The summed E-state index contributed by atoms with van der Waals surface area (Å²) in [7, 11) is 1.48. The van der Waals surface area contributed by atoms with Crippen molar-refractivity contribution in [2.24, 2.45) is 5.92 Å². The van der Waals surface area contributed by atoms with Crippen molar-refractivity contribution in [2.45, 2.75) is 27.4 Å². The lowest BCUT2D eigenvalue weighted by Gasteiger charge is -2.15. The molecule has 0 atom stereocenters. The summed E-state index contributed by atoms with van der Waals surface area (Å²) in [6.45, 7) is 6.05. The fourth-order valence-electron chi connectivity index (χ4n) is 1.83. The molecule has 1 aromatic carbocycles. The lowest BCUT2D eigenvalue weighted by molar-refractivity contribution is 0.0436. The van der Waals surface area contributed by atoms with E-state index in [4.69, 9.17) is 30.2 Å². The maximum atomic E-state index is 12.2. The summed E-state index contributed by atoms with van der Waals surface area (Å²) in [5.41, 5.74) is 0.241. The van der Waals surface area contributed by atoms with Crippen LogP contribution in [-0.4, -0.2) is 29.9 Å². The van der Waals surface area contributed by atoms with Crippen molar-refractivity contribution in [1.82, 2.24) is 10.2 Å². The van der Waals surface area contributed by atoms with E-state index < -0.39 is 5.97 Å². The van der Waals surface area contributed by atoms with Gasteiger partial charge in [0.25, 0.3) is 5.89 Å². The van der Waals surface area contributed by atoms with Gasteiger partial charge in [0.2, 0.25) is 5.89 Å². The third-order valence-corrected chi connectivity index (χ3v) is 3.20. The molecule has 0 amide bonds. The van der Waals surface area contributed by atoms with Crippen LogP contribution in [0.2, 0.25) is 5.02 Å². The molecule has 1 aromatic heterocycles. The van der Waals surface area contributed by atoms with E-state index in [0.717, 1.165) is 0 Å². The molecule has 0 aliphatic rings. The number of hydrogen-bond acceptors (Lipinski definition) is 7. The number of nitrogens with zero attached hydrogens (tertiary/aromatic N) is 2. The Kier molecular flexibility index (Phi) is 6.03. The summed E-state index contributed by atoms with van der Waals surface area (Å²) >= 11 is 6.21. The summed E-state index contributed by atoms with van der Waals surface area (Å²) in [5.74, 6) is 1.13. The van der Waals surface area contributed by atoms with E-state index in [9.17, 15) is 4.79 Å². The molecule has 0 saturated carbocycles. The third-order valence-electron chi connectivity index (χ3n) is 2.92. The molecular formula is C16H19ClN2O5. The van der Waals surface area contributed by atoms with Crippen molar-refractivity contribution in [2.75, 3.05) is 13.7 Å². The first kappa shape index (κ1) is 18.1. The van der Waals surface area contributed by atoms with Gasteiger partial charge in [-0.15, -0.1) is 10.2 Å². The molecule has 1 heterocycles. The maximum absolute atomic E-state index is 12.2. The Balaban J connectivity index is 2.11. The number of aromatic nitrogens is 2. The van der Waals surface area contributed by atoms with E-state index in [-0.39, 0.29) is 23.1 Å². The van der Waals surface area contributed by atoms with Crippen LogP contribution in [0.1, 0.15) is 36.0 Å². The molecule has 0 spiro atoms. The van der Waals surface area contributed by atoms with Crippen molar-refractivity contribution in [1.29, 1.82) is 0 Å². The van der Waals surface area contributed by atoms with Gasteiger partial charge in [0.05, 0.1) is 24.3 Å². The van der Waals surface area contributed by atoms with Gasteiger partial charge < -0.3 is 18.6 Å². The van der Waals surface area contributed by atoms with Crippen LogP contribution in [0.5, 0.6) is 11.5 Å². The Labute approximate surface area is 144 Å². The minimum absolute atomic E-state index is 0.120. The van der Waals surface area contributed by atoms with E-state index in [2.05, 4.69) is 10.2 Å². The molecule has 2 aromatic rings. The number of aryl methyl sites for hydroxylation is 1. The zero-order chi connectivity index (χ0) is 17.7. The number of carbonyl (C=O) groups excluding carboxylic acids is 1. The maximum Gasteiger partial charge on any atom is 0.338 e. The smallest absolute Gasteiger partial charge is 0.338 e. The topological polar surface area (TPSA) is 83.7 Å². The molecule has 24 heavy (non-hydrogen) atoms. The number of methoxy groups -OCH3 is 1. The van der Waals surface area contributed by atoms with Crippen LogP contribution < -0.4 is 9.47 Å². The van der Waals surface area contributed by atoms with E-state index in [1.54, 1.807) is 6.92 Å². The number of rotatable bonds is 7. The highest BCUT2D eigenvalue weighted by atomic mass is 35.5. The van der Waals surface area contributed by atoms with Crippen LogP contribution in [0.15, 0.2) is 16.5 Å². The average molecular weight is 355 g/mol. The van der Waals surface area contributed by atoms with Crippen LogP contribution in [-0.2, 0) is 11.3 Å². The summed E-state index contributed by atoms with van der Waals surface area (Å²) in [4.78, 5) is 12.2. The van der Waals surface area contributed by atoms with Gasteiger partial charge in [-0.2, -0.15) is 0 Å². The first-order chi connectivity index (χ1) is 11.4. The second-order valence-electron chi connectivity index (χ2n) is 5.49. The fraction of sp³-hybridized carbons (Fsp3) is 0.438. The van der Waals surface area contributed by atoms with Crippen LogP contribution >= 0.6 is 11.6 Å². The van der Waals surface area contributed by atoms with Gasteiger partial charge in [-0.05, 0) is 18.1 Å². The number of esters is 1. The van der Waals surface area contributed by atoms with Crippen molar-refractivity contribution >= 4 is 17.6 Å². The molecule has 0 radical (unpaired) electrons. The molecule has 0 fully saturated rings. The van der Waals surface area contributed by atoms with Crippen molar-refractivity contribution in [3.63, 3.8) is 0 Å². The van der Waals surface area contributed by atoms with Crippen LogP contribution in [0.25, 0.3) is 0 Å². The molecule has 0 unspecified atom stereocenters. The largest absolute Gasteiger partial charge is 0.493 e. The van der Waals surface area contributed by atoms with Gasteiger partial charge >= 0.3 is 5.97 Å². The Morgan fingerprint density at radius 1 is 1.33 bits per heavy atom. The van der Waals surface area contributed by atoms with Crippen LogP contribution in [0.3, 0.4) is 0 Å². The molecule has 0 saturated heterocycles. The predicted molar refractivity (Wildman–Crippen MR) is 86.5 cm³/mol. The van der Waals surface area contributed by atoms with Gasteiger partial charge in [0.15, 0.2) is 18.1 Å². The summed E-state index contributed by atoms with van der Waals surface area (Å²) in [5, 5.41) is 7.69. The second kappa shape index (κ2) is 8.01. The third kappa shape index (κ3) is 4.61. The van der Waals surface area contributed by atoms with E-state index in [1.165, 1.54) is 19.2 Å². The second-order valence-corrected chi connectivity index (χ2v) is 5.89. The molecule has 0 aliphatic carbocycles. The molecular weight excluding hydrogens is 336 g/mol. The predicted octanol–water partition coefficient (Wildman–Crippen LogP) is 3.43. The quantitative estimate of drug-likeness (QED) is 0.704. The number of halogens is 1. The van der Waals surface area contributed by atoms with Gasteiger partial charge in [-0.25, -0.2) is 4.79 Å². The lowest BCUT2D eigenvalue weighted by atomic mass is 10.2. The molecule has 0 N–H and O–H groups in total. The summed E-state index contributed by atoms with van der Waals surface area (Å²) in [6, 6.07) is 2.99. The SMILES string of the molecule is COc1cc(C(=O)OCc2nnc(C)o2)cc(Cl)c1OCC(C)C. The molecule has 2 rings (SSSR count). The monoisotopic (exact) mass is 354 g/mol. The van der Waals surface area contributed by atoms with Gasteiger partial charge in [0.1, 0.15) is 0 Å². The zero-order valence-corrected chi connectivity index (χ0v) is 14.7. The normalized spacial score (nSPS) is 10.8. The van der Waals surface area contributed by atoms with Gasteiger partial charge in [-0.1, -0.05) is 25.4 Å². The number of benzene rings is 1. The fourth-order valence-corrected chi connectivity index (χ4v) is 2.10. The Hall–Kier alpha value is -2.28. The average Bonchev–Trinajstić information content (AvgIpc) is 2.96. The minimum Gasteiger partial charge on any atom is -0.493 e. The van der Waals surface area contributed by atoms with Crippen LogP contribution in [0.4, 0.5) is 0 Å². The summed E-state index contributed by atoms with van der Waals surface area (Å²) < 4.78 is 21.2. The van der Waals surface area contributed by atoms with E-state index >= 15 is 0 Å². The van der Waals surface area contributed by atoms with Crippen molar-refractivity contribution in [3.8, 4) is 11.5 Å². The first-order valence-electron chi connectivity index (χ1n) is 7.37. The number of hydrogen-bond donors (Lipinski definition) is 0. The van der Waals surface area contributed by atoms with Gasteiger partial charge in [-0.3, -0.25) is 0 Å². The molecule has 7 nitrogen and oxygen atoms in total. The molecule has 130 valence electrons. The highest BCUT2D eigenvalue weighted by Gasteiger charge is 2.18. The number of carbonyl (C=O) groups is 1. The Morgan fingerprint density at radius 2 is 2.08 bits per heavy atom. The number of ether oxygens (including phenoxy) is 3. The Morgan fingerprint density at radius 3 is 2.67 bits per heavy atom. The Bertz CT molecular complexity index is 714. The molecule has 0 aliphatic heterocycles. The van der Waals surface area contributed by atoms with E-state index in [1.807, 2.05) is 13.8 Å². The van der Waals surface area contributed by atoms with Gasteiger partial charge in [0, 0.05) is 6.92 Å². The van der Waals surface area contributed by atoms with Crippen molar-refractivity contribution < 1.29 is 23.4 Å². The van der Waals surface area contributed by atoms with E-state index in [0.29, 0.717) is 29.9 Å². The van der Waals surface area contributed by atoms with Crippen LogP contribution in [0, 0.1) is 12.8 Å². The first-order valence-corrected chi connectivity index (χ1v) is 7.75. The standard InChI is InChI=1S/C16H19ClN2O5/c1-9(2)7-22-15-12(17)5-11(6-13(15)21-4)16(20)23-8-14-19-18-10(3)24-14/h5-6,9H,7-8H2,1-4H3. The minimum atomic E-state index is -0.582. The summed E-state index contributed by atoms with van der Waals surface area (Å²) in [6.07, 6.45) is 0. The van der Waals surface area contributed by atoms with Crippen molar-refractivity contribution in [3.05, 3.63) is 34.5 Å².